The summed E-state index contributed by atoms with van der Waals surface area (Å²) in [5.74, 6) is 0.0717. The molecule has 10 heteroatoms. The molecular formula is C23H21Cl2N3O4S. The number of halogens is 2. The molecule has 4 amide bonds. The standard InChI is InChI=1S/C23H21Cl2N3O4S/c1-13(20(29)28-11-9-23(10-12-28)21(30)26-22(31)27-23)14-7-8-17(19(25)18(14)24)33-16-6-4-3-5-15(16)32-2/h3-8H,1,9-12H2,2H3,(H2,26,27,30,31). The Morgan fingerprint density at radius 2 is 1.79 bits per heavy atom. The van der Waals surface area contributed by atoms with Gasteiger partial charge in [0.15, 0.2) is 0 Å². The van der Waals surface area contributed by atoms with Gasteiger partial charge in [0.05, 0.1) is 22.1 Å². The van der Waals surface area contributed by atoms with Crippen molar-refractivity contribution in [3.8, 4) is 5.75 Å². The van der Waals surface area contributed by atoms with E-state index in [-0.39, 0.29) is 22.4 Å². The summed E-state index contributed by atoms with van der Waals surface area (Å²) in [4.78, 5) is 39.9. The van der Waals surface area contributed by atoms with Crippen molar-refractivity contribution in [3.63, 3.8) is 0 Å². The molecule has 2 N–H and O–H groups in total. The summed E-state index contributed by atoms with van der Waals surface area (Å²) in [6.45, 7) is 4.56. The molecule has 2 aromatic rings. The lowest BCUT2D eigenvalue weighted by Crippen LogP contribution is -2.55. The van der Waals surface area contributed by atoms with Gasteiger partial charge < -0.3 is 15.0 Å². The number of benzene rings is 2. The number of carbonyl (C=O) groups is 3. The number of urea groups is 1. The normalized spacial score (nSPS) is 17.0. The minimum absolute atomic E-state index is 0.214. The molecule has 0 saturated carbocycles. The van der Waals surface area contributed by atoms with E-state index in [9.17, 15) is 14.4 Å². The molecule has 172 valence electrons. The summed E-state index contributed by atoms with van der Waals surface area (Å²) in [5.41, 5.74) is -0.289. The van der Waals surface area contributed by atoms with Crippen molar-refractivity contribution in [2.24, 2.45) is 0 Å². The van der Waals surface area contributed by atoms with Gasteiger partial charge in [0.25, 0.3) is 11.8 Å². The van der Waals surface area contributed by atoms with E-state index < -0.39 is 11.6 Å². The second-order valence-electron chi connectivity index (χ2n) is 7.75. The van der Waals surface area contributed by atoms with Gasteiger partial charge in [0, 0.05) is 29.1 Å². The zero-order valence-electron chi connectivity index (χ0n) is 17.7. The third-order valence-corrected chi connectivity index (χ3v) is 7.95. The molecule has 4 rings (SSSR count). The van der Waals surface area contributed by atoms with Gasteiger partial charge in [-0.15, -0.1) is 0 Å². The molecule has 2 aromatic carbocycles. The van der Waals surface area contributed by atoms with Crippen LogP contribution in [0.2, 0.25) is 10.0 Å². The number of methoxy groups -OCH3 is 1. The van der Waals surface area contributed by atoms with Crippen molar-refractivity contribution in [3.05, 3.63) is 58.6 Å². The first-order valence-electron chi connectivity index (χ1n) is 10.2. The van der Waals surface area contributed by atoms with Gasteiger partial charge >= 0.3 is 6.03 Å². The fourth-order valence-electron chi connectivity index (χ4n) is 3.94. The number of amides is 4. The molecule has 2 aliphatic heterocycles. The van der Waals surface area contributed by atoms with Gasteiger partial charge in [-0.2, -0.15) is 0 Å². The molecule has 0 aromatic heterocycles. The third kappa shape index (κ3) is 4.43. The van der Waals surface area contributed by atoms with E-state index in [2.05, 4.69) is 17.2 Å². The topological polar surface area (TPSA) is 87.7 Å². The van der Waals surface area contributed by atoms with Gasteiger partial charge in [0.1, 0.15) is 11.3 Å². The molecule has 1 spiro atoms. The Kier molecular flexibility index (Phi) is 6.61. The van der Waals surface area contributed by atoms with Gasteiger partial charge in [-0.05, 0) is 31.0 Å². The first-order valence-corrected chi connectivity index (χ1v) is 11.7. The summed E-state index contributed by atoms with van der Waals surface area (Å²) in [6.07, 6.45) is 0.652. The highest BCUT2D eigenvalue weighted by Gasteiger charge is 2.48. The van der Waals surface area contributed by atoms with Crippen molar-refractivity contribution in [1.29, 1.82) is 0 Å². The minimum Gasteiger partial charge on any atom is -0.496 e. The van der Waals surface area contributed by atoms with Crippen LogP contribution in [-0.4, -0.2) is 48.5 Å². The average Bonchev–Trinajstić information content (AvgIpc) is 3.09. The molecule has 2 saturated heterocycles. The predicted octanol–water partition coefficient (Wildman–Crippen LogP) is 4.37. The van der Waals surface area contributed by atoms with Crippen LogP contribution in [0.4, 0.5) is 4.79 Å². The van der Waals surface area contributed by atoms with Crippen molar-refractivity contribution in [2.75, 3.05) is 20.2 Å². The SMILES string of the molecule is C=C(C(=O)N1CCC2(CC1)NC(=O)NC2=O)c1ccc(Sc2ccccc2OC)c(Cl)c1Cl. The molecule has 2 heterocycles. The third-order valence-electron chi connectivity index (χ3n) is 5.84. The quantitative estimate of drug-likeness (QED) is 0.465. The van der Waals surface area contributed by atoms with Crippen LogP contribution in [0.25, 0.3) is 5.57 Å². The average molecular weight is 506 g/mol. The zero-order chi connectivity index (χ0) is 23.8. The lowest BCUT2D eigenvalue weighted by molar-refractivity contribution is -0.131. The van der Waals surface area contributed by atoms with E-state index in [1.165, 1.54) is 11.8 Å². The molecule has 0 radical (unpaired) electrons. The number of nitrogens with one attached hydrogen (secondary N) is 2. The fourth-order valence-corrected chi connectivity index (χ4v) is 5.52. The molecule has 7 nitrogen and oxygen atoms in total. The van der Waals surface area contributed by atoms with Crippen LogP contribution >= 0.6 is 35.0 Å². The monoisotopic (exact) mass is 505 g/mol. The van der Waals surface area contributed by atoms with Crippen LogP contribution in [0, 0.1) is 0 Å². The first-order chi connectivity index (χ1) is 15.8. The number of hydrogen-bond acceptors (Lipinski definition) is 5. The van der Waals surface area contributed by atoms with E-state index >= 15 is 0 Å². The molecule has 0 atom stereocenters. The van der Waals surface area contributed by atoms with Crippen LogP contribution in [0.3, 0.4) is 0 Å². The molecule has 33 heavy (non-hydrogen) atoms. The number of hydrogen-bond donors (Lipinski definition) is 2. The highest BCUT2D eigenvalue weighted by molar-refractivity contribution is 7.99. The summed E-state index contributed by atoms with van der Waals surface area (Å²) < 4.78 is 5.39. The smallest absolute Gasteiger partial charge is 0.322 e. The molecular weight excluding hydrogens is 485 g/mol. The van der Waals surface area contributed by atoms with Crippen molar-refractivity contribution in [1.82, 2.24) is 15.5 Å². The van der Waals surface area contributed by atoms with E-state index in [0.29, 0.717) is 42.3 Å². The van der Waals surface area contributed by atoms with E-state index in [0.717, 1.165) is 9.79 Å². The van der Waals surface area contributed by atoms with Gasteiger partial charge in [0.2, 0.25) is 0 Å². The van der Waals surface area contributed by atoms with Crippen molar-refractivity contribution < 1.29 is 19.1 Å². The summed E-state index contributed by atoms with van der Waals surface area (Å²) in [7, 11) is 1.60. The van der Waals surface area contributed by atoms with Crippen LogP contribution in [0.5, 0.6) is 5.75 Å². The highest BCUT2D eigenvalue weighted by Crippen LogP contribution is 2.43. The number of carbonyl (C=O) groups excluding carboxylic acids is 3. The number of piperidine rings is 1. The highest BCUT2D eigenvalue weighted by atomic mass is 35.5. The number of rotatable bonds is 5. The van der Waals surface area contributed by atoms with E-state index in [1.54, 1.807) is 24.1 Å². The number of para-hydroxylation sites is 1. The van der Waals surface area contributed by atoms with Crippen LogP contribution in [-0.2, 0) is 9.59 Å². The molecule has 0 aliphatic carbocycles. The van der Waals surface area contributed by atoms with Crippen LogP contribution in [0.15, 0.2) is 52.8 Å². The Morgan fingerprint density at radius 3 is 2.42 bits per heavy atom. The molecule has 2 fully saturated rings. The zero-order valence-corrected chi connectivity index (χ0v) is 20.1. The number of likely N-dealkylation sites (tertiary alicyclic amines) is 1. The molecule has 2 aliphatic rings. The van der Waals surface area contributed by atoms with Crippen LogP contribution in [0.1, 0.15) is 18.4 Å². The minimum atomic E-state index is -0.951. The predicted molar refractivity (Wildman–Crippen MR) is 128 cm³/mol. The van der Waals surface area contributed by atoms with Gasteiger partial charge in [-0.3, -0.25) is 14.9 Å². The number of imide groups is 1. The largest absolute Gasteiger partial charge is 0.496 e. The van der Waals surface area contributed by atoms with Crippen molar-refractivity contribution >= 4 is 58.4 Å². The van der Waals surface area contributed by atoms with Crippen LogP contribution < -0.4 is 15.4 Å². The maximum absolute atomic E-state index is 13.1. The lowest BCUT2D eigenvalue weighted by atomic mass is 9.87. The summed E-state index contributed by atoms with van der Waals surface area (Å²) in [5, 5.41) is 5.50. The maximum atomic E-state index is 13.1. The van der Waals surface area contributed by atoms with Crippen molar-refractivity contribution in [2.45, 2.75) is 28.2 Å². The molecule has 0 bridgehead atoms. The Hall–Kier alpha value is -2.68. The first kappa shape index (κ1) is 23.5. The lowest BCUT2D eigenvalue weighted by Gasteiger charge is -2.37. The Morgan fingerprint density at radius 1 is 1.09 bits per heavy atom. The van der Waals surface area contributed by atoms with E-state index in [1.807, 2.05) is 24.3 Å². The second kappa shape index (κ2) is 9.29. The Balaban J connectivity index is 1.48. The van der Waals surface area contributed by atoms with Gasteiger partial charge in [-0.1, -0.05) is 59.7 Å². The number of ether oxygens (including phenoxy) is 1. The van der Waals surface area contributed by atoms with Gasteiger partial charge in [-0.25, -0.2) is 4.79 Å². The summed E-state index contributed by atoms with van der Waals surface area (Å²) in [6, 6.07) is 10.6. The molecule has 0 unspecified atom stereocenters. The second-order valence-corrected chi connectivity index (χ2v) is 9.59. The maximum Gasteiger partial charge on any atom is 0.322 e. The number of nitrogens with zero attached hydrogens (tertiary/aromatic N) is 1. The van der Waals surface area contributed by atoms with E-state index in [4.69, 9.17) is 27.9 Å². The fraction of sp³-hybridized carbons (Fsp3) is 0.261. The Labute approximate surface area is 205 Å². The summed E-state index contributed by atoms with van der Waals surface area (Å²) >= 11 is 14.5. The Bertz CT molecular complexity index is 1160.